The molecule has 0 aromatic heterocycles. The Hall–Kier alpha value is 0.601. The van der Waals surface area contributed by atoms with Crippen molar-refractivity contribution < 1.29 is 24.9 Å². The second-order valence-electron chi connectivity index (χ2n) is 0.346. The number of halogens is 1. The van der Waals surface area contributed by atoms with Crippen molar-refractivity contribution >= 4 is 30.4 Å². The van der Waals surface area contributed by atoms with Crippen molar-refractivity contribution in [2.24, 2.45) is 0 Å². The Morgan fingerprint density at radius 1 is 1.00 bits per heavy atom. The van der Waals surface area contributed by atoms with E-state index in [0.29, 0.717) is 0 Å². The summed E-state index contributed by atoms with van der Waals surface area (Å²) in [4.78, 5) is 0. The third-order valence-corrected chi connectivity index (χ3v) is 0. The first-order valence-electron chi connectivity index (χ1n) is 0.944. The van der Waals surface area contributed by atoms with E-state index >= 15 is 0 Å². The molecule has 0 aliphatic rings. The lowest BCUT2D eigenvalue weighted by Crippen LogP contribution is -2.07. The molecule has 0 saturated carbocycles. The zero-order chi connectivity index (χ0) is 5.58. The third-order valence-electron chi connectivity index (χ3n) is 0. The minimum absolute atomic E-state index is 0. The van der Waals surface area contributed by atoms with Crippen molar-refractivity contribution in [3.05, 3.63) is 0 Å². The Morgan fingerprint density at radius 3 is 1.00 bits per heavy atom. The third kappa shape index (κ3) is 387. The molecule has 0 spiro atoms. The van der Waals surface area contributed by atoms with Gasteiger partial charge in [-0.25, -0.2) is 5.31 Å². The summed E-state index contributed by atoms with van der Waals surface area (Å²) < 4.78 is 8.50. The first-order chi connectivity index (χ1) is 2.73. The molecule has 7 heavy (non-hydrogen) atoms. The molecule has 0 aliphatic heterocycles. The molecule has 7 heteroatoms. The van der Waals surface area contributed by atoms with E-state index in [9.17, 15) is 0 Å². The van der Waals surface area contributed by atoms with Crippen molar-refractivity contribution in [2.75, 3.05) is 0 Å². The summed E-state index contributed by atoms with van der Waals surface area (Å²) in [5, 5.41) is 27.0. The highest BCUT2D eigenvalue weighted by Crippen LogP contribution is 1.40. The molecular weight excluding hydrogens is 118 g/mol. The lowest BCUT2D eigenvalue weighted by atomic mass is 10.3. The van der Waals surface area contributed by atoms with Crippen LogP contribution in [0.1, 0.15) is 0 Å². The Labute approximate surface area is 55.8 Å². The number of hydrogen-bond donors (Lipinski definition) is 4. The van der Waals surface area contributed by atoms with Gasteiger partial charge in [0.25, 0.3) is 0 Å². The summed E-state index contributed by atoms with van der Waals surface area (Å²) in [5.74, 6) is 0. The molecule has 0 fully saturated rings. The van der Waals surface area contributed by atoms with E-state index in [0.717, 1.165) is 0 Å². The van der Waals surface area contributed by atoms with Crippen LogP contribution in [0.2, 0.25) is 0 Å². The molecule has 0 amide bonds. The summed E-state index contributed by atoms with van der Waals surface area (Å²) in [5.41, 5.74) is 0. The van der Waals surface area contributed by atoms with Gasteiger partial charge < -0.3 is 15.1 Å². The van der Waals surface area contributed by atoms with Crippen molar-refractivity contribution in [3.63, 3.8) is 0 Å². The van der Waals surface area contributed by atoms with Crippen LogP contribution in [0.4, 0.5) is 4.53 Å². The van der Waals surface area contributed by atoms with E-state index in [1.165, 1.54) is 0 Å². The molecule has 0 atom stereocenters. The van der Waals surface area contributed by atoms with Crippen molar-refractivity contribution in [2.45, 2.75) is 0 Å². The van der Waals surface area contributed by atoms with Gasteiger partial charge >= 0.3 is 30.4 Å². The highest BCUT2D eigenvalue weighted by atomic mass is 24.3. The van der Waals surface area contributed by atoms with Crippen LogP contribution < -0.4 is 0 Å². The smallest absolute Gasteiger partial charge is 0.402 e. The minimum Gasteiger partial charge on any atom is -0.402 e. The van der Waals surface area contributed by atoms with Gasteiger partial charge in [-0.3, -0.25) is 0 Å². The Morgan fingerprint density at radius 2 is 1.00 bits per heavy atom. The summed E-state index contributed by atoms with van der Waals surface area (Å²) in [6.07, 6.45) is 0. The predicted octanol–water partition coefficient (Wildman–Crippen LogP) is -3.10. The van der Waals surface area contributed by atoms with Gasteiger partial charge in [-0.2, -0.15) is 0 Å². The molecule has 0 aromatic carbocycles. The van der Waals surface area contributed by atoms with Crippen molar-refractivity contribution in [1.29, 1.82) is 0 Å². The standard InChI is InChI=1S/BH3O3.FHO.Mg.2H/c2-1(3)4;1-2;;;/h2-4H;2H;;;. The van der Waals surface area contributed by atoms with E-state index in [1.807, 2.05) is 0 Å². The zero-order valence-electron chi connectivity index (χ0n) is 2.74. The van der Waals surface area contributed by atoms with Gasteiger partial charge in [0, 0.05) is 0 Å². The number of rotatable bonds is 0. The van der Waals surface area contributed by atoms with Gasteiger partial charge in [0.1, 0.15) is 0 Å². The van der Waals surface area contributed by atoms with E-state index < -0.39 is 7.32 Å². The van der Waals surface area contributed by atoms with Crippen LogP contribution in [0.5, 0.6) is 0 Å². The van der Waals surface area contributed by atoms with Crippen LogP contribution in [-0.2, 0) is 0 Å². The van der Waals surface area contributed by atoms with Crippen molar-refractivity contribution in [3.8, 4) is 0 Å². The van der Waals surface area contributed by atoms with Crippen LogP contribution in [0.25, 0.3) is 0 Å². The SMILES string of the molecule is OB(O)O.OF.[MgH2]. The molecule has 0 unspecified atom stereocenters. The predicted molar refractivity (Wildman–Crippen MR) is 24.3 cm³/mol. The van der Waals surface area contributed by atoms with E-state index in [2.05, 4.69) is 0 Å². The van der Waals surface area contributed by atoms with E-state index in [1.54, 1.807) is 0 Å². The Kier molecular flexibility index (Phi) is 35.7. The second-order valence-corrected chi connectivity index (χ2v) is 0.346. The van der Waals surface area contributed by atoms with Gasteiger partial charge in [-0.1, -0.05) is 4.53 Å². The fraction of sp³-hybridized carbons (Fsp3) is 0. The topological polar surface area (TPSA) is 80.9 Å². The Bertz CT molecular complexity index is 16.4. The van der Waals surface area contributed by atoms with Crippen LogP contribution in [0, 0.1) is 0 Å². The maximum Gasteiger partial charge on any atom is 0.631 e. The lowest BCUT2D eigenvalue weighted by Gasteiger charge is -1.69. The first kappa shape index (κ1) is 15.6. The fourth-order valence-corrected chi connectivity index (χ4v) is 0. The van der Waals surface area contributed by atoms with Crippen molar-refractivity contribution in [1.82, 2.24) is 0 Å². The number of hydrogen-bond acceptors (Lipinski definition) is 4. The second kappa shape index (κ2) is 16.0. The quantitative estimate of drug-likeness (QED) is 0.258. The average molecular weight is 124 g/mol. The fourth-order valence-electron chi connectivity index (χ4n) is 0. The van der Waals surface area contributed by atoms with E-state index in [-0.39, 0.29) is 23.1 Å². The summed E-state index contributed by atoms with van der Waals surface area (Å²) in [7, 11) is -2.17. The zero-order valence-corrected chi connectivity index (χ0v) is 2.74. The molecule has 42 valence electrons. The van der Waals surface area contributed by atoms with Gasteiger partial charge in [0.05, 0.1) is 0 Å². The molecule has 0 bridgehead atoms. The molecule has 4 nitrogen and oxygen atoms in total. The maximum absolute atomic E-state index is 8.50. The van der Waals surface area contributed by atoms with Gasteiger partial charge in [-0.05, 0) is 0 Å². The molecular formula is H6BFMgO4. The van der Waals surface area contributed by atoms with Gasteiger partial charge in [0.15, 0.2) is 0 Å². The maximum atomic E-state index is 8.50. The Balaban J connectivity index is -0.0000000480. The summed E-state index contributed by atoms with van der Waals surface area (Å²) >= 11 is 0. The van der Waals surface area contributed by atoms with Gasteiger partial charge in [-0.15, -0.1) is 0 Å². The molecule has 0 aliphatic carbocycles. The molecule has 0 radical (unpaired) electrons. The molecule has 0 saturated heterocycles. The van der Waals surface area contributed by atoms with E-state index in [4.69, 9.17) is 24.9 Å². The van der Waals surface area contributed by atoms with Crippen LogP contribution in [-0.4, -0.2) is 50.8 Å². The molecule has 4 N–H and O–H groups in total. The summed E-state index contributed by atoms with van der Waals surface area (Å²) in [6.45, 7) is 0. The average Bonchev–Trinajstić information content (AvgIpc) is 1.41. The highest BCUT2D eigenvalue weighted by Gasteiger charge is 1.92. The van der Waals surface area contributed by atoms with Crippen LogP contribution in [0.15, 0.2) is 0 Å². The minimum atomic E-state index is -2.17. The largest absolute Gasteiger partial charge is 0.631 e. The highest BCUT2D eigenvalue weighted by molar-refractivity contribution is 6.30. The normalized spacial score (nSPS) is 4.71. The first-order valence-corrected chi connectivity index (χ1v) is 0.944. The molecule has 0 rings (SSSR count). The van der Waals surface area contributed by atoms with Gasteiger partial charge in [0.2, 0.25) is 0 Å². The van der Waals surface area contributed by atoms with Crippen LogP contribution in [0.3, 0.4) is 0 Å². The molecule has 0 heterocycles. The molecule has 0 aromatic rings. The monoisotopic (exact) mass is 124 g/mol. The van der Waals surface area contributed by atoms with Crippen LogP contribution >= 0.6 is 0 Å². The lowest BCUT2D eigenvalue weighted by molar-refractivity contribution is -0.0441. The summed E-state index contributed by atoms with van der Waals surface area (Å²) in [6, 6.07) is 0.